The molecule has 5 heteroatoms. The fraction of sp³-hybridized carbons (Fsp3) is 0.111. The van der Waals surface area contributed by atoms with Gasteiger partial charge in [0.15, 0.2) is 6.23 Å². The van der Waals surface area contributed by atoms with Crippen LogP contribution < -0.4 is 0 Å². The Hall–Kier alpha value is -2.43. The van der Waals surface area contributed by atoms with E-state index in [0.717, 1.165) is 22.3 Å². The van der Waals surface area contributed by atoms with E-state index in [-0.39, 0.29) is 0 Å². The topological polar surface area (TPSA) is 58.6 Å². The van der Waals surface area contributed by atoms with Gasteiger partial charge >= 0.3 is 0 Å². The summed E-state index contributed by atoms with van der Waals surface area (Å²) in [6.45, 7) is 1.84. The molecule has 1 unspecified atom stereocenters. The lowest BCUT2D eigenvalue weighted by Crippen LogP contribution is -2.05. The summed E-state index contributed by atoms with van der Waals surface area (Å²) in [6, 6.07) is 15.3. The molecule has 1 N–H and O–H groups in total. The maximum Gasteiger partial charge on any atom is 0.193 e. The lowest BCUT2D eigenvalue weighted by Gasteiger charge is -2.10. The van der Waals surface area contributed by atoms with Crippen molar-refractivity contribution in [3.05, 3.63) is 76.1 Å². The highest BCUT2D eigenvalue weighted by molar-refractivity contribution is 6.30. The van der Waals surface area contributed by atoms with Crippen LogP contribution in [0.25, 0.3) is 11.1 Å². The van der Waals surface area contributed by atoms with Gasteiger partial charge in [-0.1, -0.05) is 53.2 Å². The number of rotatable bonds is 1. The second kappa shape index (κ2) is 5.33. The summed E-state index contributed by atoms with van der Waals surface area (Å²) in [6.07, 6.45) is -1.07. The van der Waals surface area contributed by atoms with Gasteiger partial charge in [0, 0.05) is 16.1 Å². The van der Waals surface area contributed by atoms with Crippen LogP contribution in [0.2, 0.25) is 5.02 Å². The molecule has 1 aromatic heterocycles. The predicted octanol–water partition coefficient (Wildman–Crippen LogP) is 4.15. The van der Waals surface area contributed by atoms with Gasteiger partial charge in [0.05, 0.1) is 11.3 Å². The van der Waals surface area contributed by atoms with Gasteiger partial charge in [0.1, 0.15) is 11.5 Å². The molecule has 0 spiro atoms. The molecular weight excluding hydrogens is 312 g/mol. The minimum Gasteiger partial charge on any atom is -0.367 e. The number of hydrogen-bond donors (Lipinski definition) is 1. The highest BCUT2D eigenvalue weighted by Gasteiger charge is 2.28. The van der Waals surface area contributed by atoms with Crippen LogP contribution in [0.5, 0.6) is 0 Å². The number of benzene rings is 2. The number of fused-ring (bicyclic) bond motifs is 3. The Balaban J connectivity index is 2.00. The smallest absolute Gasteiger partial charge is 0.193 e. The molecule has 0 fully saturated rings. The fourth-order valence-electron chi connectivity index (χ4n) is 2.89. The fourth-order valence-corrected chi connectivity index (χ4v) is 3.02. The van der Waals surface area contributed by atoms with Crippen LogP contribution in [-0.2, 0) is 0 Å². The molecule has 0 saturated heterocycles. The van der Waals surface area contributed by atoms with Crippen molar-refractivity contribution in [2.45, 2.75) is 13.2 Å². The minimum absolute atomic E-state index is 0.443. The third-order valence-corrected chi connectivity index (χ3v) is 4.21. The van der Waals surface area contributed by atoms with Crippen molar-refractivity contribution in [3.8, 4) is 11.1 Å². The normalized spacial score (nSPS) is 16.3. The molecular formula is C18H13ClN2O2. The number of halogens is 1. The molecule has 1 aliphatic heterocycles. The molecule has 1 atom stereocenters. The zero-order valence-corrected chi connectivity index (χ0v) is 13.1. The number of nitrogens with zero attached hydrogens (tertiary/aromatic N) is 2. The van der Waals surface area contributed by atoms with Crippen LogP contribution in [0.4, 0.5) is 0 Å². The van der Waals surface area contributed by atoms with Gasteiger partial charge in [-0.15, -0.1) is 0 Å². The summed E-state index contributed by atoms with van der Waals surface area (Å²) < 4.78 is 5.26. The summed E-state index contributed by atoms with van der Waals surface area (Å²) >= 11 is 5.98. The Morgan fingerprint density at radius 3 is 2.48 bits per heavy atom. The van der Waals surface area contributed by atoms with Gasteiger partial charge in [-0.3, -0.25) is 0 Å². The largest absolute Gasteiger partial charge is 0.367 e. The van der Waals surface area contributed by atoms with Crippen LogP contribution in [0, 0.1) is 6.92 Å². The van der Waals surface area contributed by atoms with E-state index in [9.17, 15) is 5.11 Å². The molecule has 0 amide bonds. The first-order valence-corrected chi connectivity index (χ1v) is 7.60. The molecule has 0 aliphatic carbocycles. The van der Waals surface area contributed by atoms with E-state index in [1.807, 2.05) is 55.5 Å². The molecule has 0 bridgehead atoms. The Labute approximate surface area is 138 Å². The van der Waals surface area contributed by atoms with Crippen LogP contribution >= 0.6 is 11.6 Å². The number of hydrogen-bond acceptors (Lipinski definition) is 4. The highest BCUT2D eigenvalue weighted by Crippen LogP contribution is 2.38. The van der Waals surface area contributed by atoms with E-state index in [0.29, 0.717) is 22.2 Å². The van der Waals surface area contributed by atoms with E-state index in [4.69, 9.17) is 16.1 Å². The third kappa shape index (κ3) is 2.27. The second-order valence-electron chi connectivity index (χ2n) is 5.40. The van der Waals surface area contributed by atoms with E-state index in [1.165, 1.54) is 0 Å². The van der Waals surface area contributed by atoms with Crippen LogP contribution in [0.15, 0.2) is 58.0 Å². The van der Waals surface area contributed by atoms with Crippen LogP contribution in [-0.4, -0.2) is 16.0 Å². The Morgan fingerprint density at radius 1 is 1.04 bits per heavy atom. The highest BCUT2D eigenvalue weighted by atomic mass is 35.5. The first-order chi connectivity index (χ1) is 11.1. The van der Waals surface area contributed by atoms with Crippen molar-refractivity contribution >= 4 is 17.3 Å². The summed E-state index contributed by atoms with van der Waals surface area (Å²) in [5.74, 6) is 0.666. The second-order valence-corrected chi connectivity index (χ2v) is 5.84. The van der Waals surface area contributed by atoms with Crippen molar-refractivity contribution in [2.75, 3.05) is 0 Å². The van der Waals surface area contributed by atoms with Gasteiger partial charge < -0.3 is 9.63 Å². The molecule has 3 aromatic rings. The minimum atomic E-state index is -1.07. The van der Waals surface area contributed by atoms with E-state index >= 15 is 0 Å². The summed E-state index contributed by atoms with van der Waals surface area (Å²) in [5, 5.41) is 15.1. The average Bonchev–Trinajstić information content (AvgIpc) is 2.89. The number of aryl methyl sites for hydroxylation is 1. The molecule has 1 aliphatic rings. The van der Waals surface area contributed by atoms with Crippen molar-refractivity contribution in [1.29, 1.82) is 0 Å². The molecule has 4 rings (SSSR count). The summed E-state index contributed by atoms with van der Waals surface area (Å²) in [7, 11) is 0. The Morgan fingerprint density at radius 2 is 1.74 bits per heavy atom. The zero-order chi connectivity index (χ0) is 16.0. The van der Waals surface area contributed by atoms with Gasteiger partial charge in [0.2, 0.25) is 0 Å². The van der Waals surface area contributed by atoms with E-state index in [2.05, 4.69) is 10.1 Å². The molecule has 0 radical (unpaired) electrons. The first-order valence-electron chi connectivity index (χ1n) is 7.23. The zero-order valence-electron chi connectivity index (χ0n) is 12.3. The van der Waals surface area contributed by atoms with Crippen LogP contribution in [0.3, 0.4) is 0 Å². The van der Waals surface area contributed by atoms with Crippen molar-refractivity contribution in [3.63, 3.8) is 0 Å². The molecule has 23 heavy (non-hydrogen) atoms. The molecule has 0 saturated carbocycles. The van der Waals surface area contributed by atoms with Crippen molar-refractivity contribution < 1.29 is 9.63 Å². The maximum atomic E-state index is 10.5. The third-order valence-electron chi connectivity index (χ3n) is 3.95. The Kier molecular flexibility index (Phi) is 3.29. The van der Waals surface area contributed by atoms with Crippen molar-refractivity contribution in [1.82, 2.24) is 5.16 Å². The summed E-state index contributed by atoms with van der Waals surface area (Å²) in [5.41, 5.74) is 4.73. The average molecular weight is 325 g/mol. The van der Waals surface area contributed by atoms with E-state index < -0.39 is 6.23 Å². The van der Waals surface area contributed by atoms with Gasteiger partial charge in [-0.25, -0.2) is 4.99 Å². The first kappa shape index (κ1) is 14.2. The van der Waals surface area contributed by atoms with Gasteiger partial charge in [-0.2, -0.15) is 0 Å². The lowest BCUT2D eigenvalue weighted by atomic mass is 9.93. The molecule has 4 nitrogen and oxygen atoms in total. The summed E-state index contributed by atoms with van der Waals surface area (Å²) in [4.78, 5) is 4.48. The van der Waals surface area contributed by atoms with Gasteiger partial charge in [0.25, 0.3) is 0 Å². The standard InChI is InChI=1S/C18H13ClN2O2/c1-10-15-13-4-2-3-5-14(13)16(11-6-8-12(19)9-7-11)20-18(22)17(15)21-23-10/h2-9,18,22H,1H3. The maximum absolute atomic E-state index is 10.5. The molecule has 2 heterocycles. The number of aromatic nitrogens is 1. The number of aliphatic imine (C=N–C) groups is 1. The SMILES string of the molecule is Cc1onc2c1-c1ccccc1C(c1ccc(Cl)cc1)=NC2O. The predicted molar refractivity (Wildman–Crippen MR) is 88.7 cm³/mol. The molecule has 114 valence electrons. The van der Waals surface area contributed by atoms with Crippen molar-refractivity contribution in [2.24, 2.45) is 4.99 Å². The quantitative estimate of drug-likeness (QED) is 0.731. The Bertz CT molecular complexity index is 913. The number of aliphatic hydroxyl groups is 1. The lowest BCUT2D eigenvalue weighted by molar-refractivity contribution is 0.178. The van der Waals surface area contributed by atoms with E-state index in [1.54, 1.807) is 0 Å². The van der Waals surface area contributed by atoms with Crippen LogP contribution in [0.1, 0.15) is 28.8 Å². The molecule has 2 aromatic carbocycles. The van der Waals surface area contributed by atoms with Gasteiger partial charge in [-0.05, 0) is 24.6 Å². The monoisotopic (exact) mass is 324 g/mol. The number of aliphatic hydroxyl groups excluding tert-OH is 1.